The highest BCUT2D eigenvalue weighted by Crippen LogP contribution is 2.27. The van der Waals surface area contributed by atoms with Crippen molar-refractivity contribution in [2.45, 2.75) is 18.7 Å². The van der Waals surface area contributed by atoms with Crippen LogP contribution in [-0.2, 0) is 14.8 Å². The third-order valence-electron chi connectivity index (χ3n) is 4.51. The van der Waals surface area contributed by atoms with Crippen molar-refractivity contribution in [2.24, 2.45) is 0 Å². The maximum Gasteiger partial charge on any atom is 0.278 e. The van der Waals surface area contributed by atoms with E-state index >= 15 is 0 Å². The fourth-order valence-electron chi connectivity index (χ4n) is 2.89. The number of ether oxygens (including phenoxy) is 2. The summed E-state index contributed by atoms with van der Waals surface area (Å²) in [6.45, 7) is 3.35. The van der Waals surface area contributed by atoms with Gasteiger partial charge in [-0.3, -0.25) is 4.79 Å². The maximum atomic E-state index is 13.3. The van der Waals surface area contributed by atoms with Gasteiger partial charge in [-0.2, -0.15) is 4.31 Å². The van der Waals surface area contributed by atoms with E-state index in [4.69, 9.17) is 9.47 Å². The summed E-state index contributed by atoms with van der Waals surface area (Å²) in [4.78, 5) is 13.1. The molecule has 1 amide bonds. The van der Waals surface area contributed by atoms with Gasteiger partial charge in [-0.15, -0.1) is 0 Å². The van der Waals surface area contributed by atoms with Gasteiger partial charge in [-0.1, -0.05) is 30.3 Å². The maximum absolute atomic E-state index is 13.3. The Morgan fingerprint density at radius 2 is 1.60 bits per heavy atom. The fourth-order valence-corrected chi connectivity index (χ4v) is 4.33. The summed E-state index contributed by atoms with van der Waals surface area (Å²) in [7, 11) is -2.62. The van der Waals surface area contributed by atoms with Gasteiger partial charge in [0.1, 0.15) is 11.5 Å². The topological polar surface area (TPSA) is 72.9 Å². The minimum atomic E-state index is -4.13. The largest absolute Gasteiger partial charge is 0.497 e. The zero-order valence-corrected chi connectivity index (χ0v) is 17.8. The Kier molecular flexibility index (Phi) is 6.42. The molecular formula is C23H23NO5S. The molecule has 0 N–H and O–H groups in total. The average Bonchev–Trinajstić information content (AvgIpc) is 2.75. The number of rotatable bonds is 7. The molecule has 7 heteroatoms. The second-order valence-corrected chi connectivity index (χ2v) is 8.52. The highest BCUT2D eigenvalue weighted by atomic mass is 32.2. The molecule has 0 aromatic heterocycles. The number of sulfonamides is 1. The van der Waals surface area contributed by atoms with E-state index in [0.717, 1.165) is 15.4 Å². The summed E-state index contributed by atoms with van der Waals surface area (Å²) in [5.74, 6) is 0.384. The molecule has 0 aliphatic rings. The van der Waals surface area contributed by atoms with Crippen LogP contribution in [0, 0.1) is 13.8 Å². The summed E-state index contributed by atoms with van der Waals surface area (Å²) >= 11 is 0. The quantitative estimate of drug-likeness (QED) is 0.570. The number of aryl methyl sites for hydroxylation is 2. The number of anilines is 1. The van der Waals surface area contributed by atoms with Crippen molar-refractivity contribution in [3.8, 4) is 11.5 Å². The summed E-state index contributed by atoms with van der Waals surface area (Å²) in [5, 5.41) is 0. The molecule has 0 radical (unpaired) electrons. The zero-order chi connectivity index (χ0) is 21.7. The molecule has 3 aromatic rings. The minimum Gasteiger partial charge on any atom is -0.497 e. The number of benzene rings is 3. The Hall–Kier alpha value is -3.32. The molecule has 0 saturated heterocycles. The number of nitrogens with zero attached hydrogens (tertiary/aromatic N) is 1. The molecule has 0 spiro atoms. The lowest BCUT2D eigenvalue weighted by molar-refractivity contribution is -0.119. The molecule has 0 unspecified atom stereocenters. The highest BCUT2D eigenvalue weighted by molar-refractivity contribution is 7.93. The van der Waals surface area contributed by atoms with Gasteiger partial charge in [0.25, 0.3) is 15.9 Å². The number of carbonyl (C=O) groups is 1. The Morgan fingerprint density at radius 3 is 2.23 bits per heavy atom. The first-order valence-corrected chi connectivity index (χ1v) is 10.7. The molecule has 0 bridgehead atoms. The number of methoxy groups -OCH3 is 1. The first-order chi connectivity index (χ1) is 14.3. The van der Waals surface area contributed by atoms with Crippen LogP contribution in [0.3, 0.4) is 0 Å². The van der Waals surface area contributed by atoms with Crippen LogP contribution in [0.1, 0.15) is 11.1 Å². The second-order valence-electron chi connectivity index (χ2n) is 6.73. The summed E-state index contributed by atoms with van der Waals surface area (Å²) < 4.78 is 38.1. The number of amides is 1. The van der Waals surface area contributed by atoms with Crippen LogP contribution in [0.25, 0.3) is 0 Å². The van der Waals surface area contributed by atoms with Crippen molar-refractivity contribution in [1.82, 2.24) is 0 Å². The molecule has 3 rings (SSSR count). The Bertz CT molecular complexity index is 1130. The van der Waals surface area contributed by atoms with E-state index in [0.29, 0.717) is 11.5 Å². The first-order valence-electron chi connectivity index (χ1n) is 9.30. The van der Waals surface area contributed by atoms with E-state index in [1.165, 1.54) is 31.4 Å². The molecule has 0 heterocycles. The van der Waals surface area contributed by atoms with Crippen molar-refractivity contribution in [3.63, 3.8) is 0 Å². The van der Waals surface area contributed by atoms with Gasteiger partial charge in [0.05, 0.1) is 17.7 Å². The van der Waals surface area contributed by atoms with E-state index in [-0.39, 0.29) is 10.6 Å². The van der Waals surface area contributed by atoms with Gasteiger partial charge in [0, 0.05) is 0 Å². The van der Waals surface area contributed by atoms with Crippen molar-refractivity contribution in [1.29, 1.82) is 0 Å². The highest BCUT2D eigenvalue weighted by Gasteiger charge is 2.31. The molecule has 3 aromatic carbocycles. The minimum absolute atomic E-state index is 0.0147. The summed E-state index contributed by atoms with van der Waals surface area (Å²) in [6.07, 6.45) is 0. The molecule has 0 aliphatic carbocycles. The molecule has 0 fully saturated rings. The van der Waals surface area contributed by atoms with Gasteiger partial charge in [0.2, 0.25) is 0 Å². The summed E-state index contributed by atoms with van der Waals surface area (Å²) in [6, 6.07) is 19.7. The summed E-state index contributed by atoms with van der Waals surface area (Å²) in [5.41, 5.74) is 2.04. The third kappa shape index (κ3) is 4.63. The monoisotopic (exact) mass is 425 g/mol. The van der Waals surface area contributed by atoms with Crippen LogP contribution in [0.5, 0.6) is 11.5 Å². The molecule has 0 saturated carbocycles. The standard InChI is InChI=1S/C23H23NO5S/c1-17-9-10-18(2)22(15-17)29-16-23(25)24(19-11-13-20(28-3)14-12-19)30(26,27)21-7-5-4-6-8-21/h4-15H,16H2,1-3H3. The van der Waals surface area contributed by atoms with Crippen molar-refractivity contribution >= 4 is 21.6 Å². The number of carbonyl (C=O) groups excluding carboxylic acids is 1. The second kappa shape index (κ2) is 9.00. The predicted octanol–water partition coefficient (Wildman–Crippen LogP) is 4.11. The molecule has 0 atom stereocenters. The molecule has 6 nitrogen and oxygen atoms in total. The molecule has 30 heavy (non-hydrogen) atoms. The van der Waals surface area contributed by atoms with Gasteiger partial charge in [-0.25, -0.2) is 8.42 Å². The van der Waals surface area contributed by atoms with E-state index in [1.807, 2.05) is 32.0 Å². The fraction of sp³-hybridized carbons (Fsp3) is 0.174. The van der Waals surface area contributed by atoms with E-state index in [2.05, 4.69) is 0 Å². The third-order valence-corrected chi connectivity index (χ3v) is 6.27. The van der Waals surface area contributed by atoms with E-state index in [1.54, 1.807) is 30.3 Å². The molecule has 0 aliphatic heterocycles. The zero-order valence-electron chi connectivity index (χ0n) is 17.0. The first kappa shape index (κ1) is 21.4. The van der Waals surface area contributed by atoms with Gasteiger partial charge >= 0.3 is 0 Å². The lowest BCUT2D eigenvalue weighted by atomic mass is 10.1. The number of hydrogen-bond acceptors (Lipinski definition) is 5. The Balaban J connectivity index is 1.96. The number of hydrogen-bond donors (Lipinski definition) is 0. The van der Waals surface area contributed by atoms with Crippen molar-refractivity contribution < 1.29 is 22.7 Å². The van der Waals surface area contributed by atoms with Crippen molar-refractivity contribution in [2.75, 3.05) is 18.0 Å². The molecular weight excluding hydrogens is 402 g/mol. The Morgan fingerprint density at radius 1 is 0.933 bits per heavy atom. The van der Waals surface area contributed by atoms with Crippen LogP contribution in [0.2, 0.25) is 0 Å². The van der Waals surface area contributed by atoms with Gasteiger partial charge in [0.15, 0.2) is 6.61 Å². The lowest BCUT2D eigenvalue weighted by Crippen LogP contribution is -2.40. The lowest BCUT2D eigenvalue weighted by Gasteiger charge is -2.23. The SMILES string of the molecule is COc1ccc(N(C(=O)COc2cc(C)ccc2C)S(=O)(=O)c2ccccc2)cc1. The molecule has 156 valence electrons. The van der Waals surface area contributed by atoms with Crippen LogP contribution >= 0.6 is 0 Å². The predicted molar refractivity (Wildman–Crippen MR) is 116 cm³/mol. The smallest absolute Gasteiger partial charge is 0.278 e. The van der Waals surface area contributed by atoms with E-state index < -0.39 is 22.5 Å². The average molecular weight is 426 g/mol. The Labute approximate surface area is 176 Å². The van der Waals surface area contributed by atoms with Gasteiger partial charge in [-0.05, 0) is 67.4 Å². The van der Waals surface area contributed by atoms with Crippen LogP contribution < -0.4 is 13.8 Å². The van der Waals surface area contributed by atoms with Crippen LogP contribution in [0.15, 0.2) is 77.7 Å². The van der Waals surface area contributed by atoms with Crippen molar-refractivity contribution in [3.05, 3.63) is 83.9 Å². The van der Waals surface area contributed by atoms with Gasteiger partial charge < -0.3 is 9.47 Å². The normalized spacial score (nSPS) is 11.0. The van der Waals surface area contributed by atoms with Crippen LogP contribution in [0.4, 0.5) is 5.69 Å². The van der Waals surface area contributed by atoms with E-state index in [9.17, 15) is 13.2 Å². The van der Waals surface area contributed by atoms with Crippen LogP contribution in [-0.4, -0.2) is 28.0 Å².